The molecule has 24 heteroatoms. The van der Waals surface area contributed by atoms with Crippen LogP contribution in [0.2, 0.25) is 0 Å². The van der Waals surface area contributed by atoms with Crippen molar-refractivity contribution in [1.29, 1.82) is 0 Å². The average Bonchev–Trinajstić information content (AvgIpc) is 1.53. The second kappa shape index (κ2) is 24.5. The monoisotopic (exact) mass is 1260 g/mol. The van der Waals surface area contributed by atoms with Crippen molar-refractivity contribution in [2.45, 2.75) is 127 Å². The minimum absolute atomic E-state index is 0.00866. The molecule has 7 N–H and O–H groups in total. The molecule has 0 aromatic carbocycles. The van der Waals surface area contributed by atoms with Gasteiger partial charge in [0, 0.05) is 118 Å². The van der Waals surface area contributed by atoms with Crippen LogP contribution >= 0.6 is 31.9 Å². The molecule has 1 saturated heterocycles. The van der Waals surface area contributed by atoms with E-state index in [2.05, 4.69) is 78.0 Å². The summed E-state index contributed by atoms with van der Waals surface area (Å²) in [4.78, 5) is 84.8. The standard InChI is InChI=1S/C20H23N5O2.C13H19BN2O3.C13H16BrN3O.C8H9BrN2O2.C5H9N/c1-12(26)23-17-7-14(4-5-21-17)15-6-16(18(22-11-15)25(2)3)19(27)24-20-8-13(9-20)10-20;1-9(17)16-11-8-10(6-7-15-11)14-18-12(2,3)13(4,5)19-14;1-17(2)11-10(3-9(14)7-15-11)12(18)16-13-4-8(5-13)6-13;1-11(2)7-6(8(12)13)3-5(9)4-10-7;6-5-1-4(2-5)3-5/h4-7,11,13H,8-10H2,1-3H3,(H,24,27)(H,21,23,26);6-8H,1-5H3,(H,15,16,17);3,7-8H,4-6H2,1-2H3,(H,16,18);3-4H,1-2H3,(H,12,13);4H,1-3,6H2. The zero-order valence-corrected chi connectivity index (χ0v) is 52.5. The Bertz CT molecular complexity index is 3220. The molecule has 442 valence electrons. The van der Waals surface area contributed by atoms with Crippen LogP contribution in [-0.2, 0) is 18.9 Å². The third kappa shape index (κ3) is 14.7. The van der Waals surface area contributed by atoms with Crippen molar-refractivity contribution < 1.29 is 38.4 Å². The molecule has 0 radical (unpaired) electrons. The SMILES string of the molecule is CC(=O)Nc1cc(-c2cnc(N(C)C)c(C(=O)NC34CC(C3)C4)c2)ccn1.CC(=O)Nc1cc(B2OC(C)(C)C(C)(C)O2)ccn1.CN(C)c1ncc(Br)cc1C(=O)NC12CC(C1)C2.CN(C)c1ncc(Br)cc1C(=O)O.NC12CC(C1)C2. The van der Waals surface area contributed by atoms with E-state index >= 15 is 0 Å². The predicted molar refractivity (Wildman–Crippen MR) is 329 cm³/mol. The zero-order valence-electron chi connectivity index (χ0n) is 49.3. The summed E-state index contributed by atoms with van der Waals surface area (Å²) in [6.45, 7) is 10.9. The molecule has 0 spiro atoms. The van der Waals surface area contributed by atoms with Crippen molar-refractivity contribution in [2.75, 3.05) is 67.6 Å². The van der Waals surface area contributed by atoms with Gasteiger partial charge in [-0.2, -0.15) is 0 Å². The maximum atomic E-state index is 13.0. The second-order valence-corrected chi connectivity index (χ2v) is 26.6. The number of carboxylic acids is 1. The van der Waals surface area contributed by atoms with Crippen LogP contribution in [0.4, 0.5) is 29.1 Å². The third-order valence-corrected chi connectivity index (χ3v) is 17.3. The lowest BCUT2D eigenvalue weighted by atomic mass is 9.50. The van der Waals surface area contributed by atoms with E-state index in [4.69, 9.17) is 20.1 Å². The highest BCUT2D eigenvalue weighted by molar-refractivity contribution is 9.10. The van der Waals surface area contributed by atoms with Crippen molar-refractivity contribution in [2.24, 2.45) is 23.5 Å². The number of hydrogen-bond donors (Lipinski definition) is 6. The van der Waals surface area contributed by atoms with Crippen molar-refractivity contribution in [3.63, 3.8) is 0 Å². The minimum atomic E-state index is -0.975. The van der Waals surface area contributed by atoms with E-state index in [-0.39, 0.29) is 51.5 Å². The van der Waals surface area contributed by atoms with Gasteiger partial charge in [0.1, 0.15) is 34.7 Å². The number of nitrogens with zero attached hydrogens (tertiary/aromatic N) is 8. The summed E-state index contributed by atoms with van der Waals surface area (Å²) >= 11 is 6.54. The molecular formula is C59H76BBr2N13O8. The molecule has 6 heterocycles. The lowest BCUT2D eigenvalue weighted by Gasteiger charge is -2.61. The van der Waals surface area contributed by atoms with E-state index in [0.29, 0.717) is 50.2 Å². The Balaban J connectivity index is 0.000000143. The fraction of sp³-hybridized carbons (Fsp3) is 0.492. The van der Waals surface area contributed by atoms with Crippen LogP contribution in [0.3, 0.4) is 0 Å². The first-order valence-electron chi connectivity index (χ1n) is 27.7. The fourth-order valence-electron chi connectivity index (χ4n) is 11.1. The highest BCUT2D eigenvalue weighted by Crippen LogP contribution is 2.58. The van der Waals surface area contributed by atoms with Crippen LogP contribution in [-0.4, -0.2) is 137 Å². The van der Waals surface area contributed by atoms with Crippen molar-refractivity contribution in [3.05, 3.63) is 99.1 Å². The zero-order chi connectivity index (χ0) is 60.6. The summed E-state index contributed by atoms with van der Waals surface area (Å²) in [5, 5.41) is 20.6. The summed E-state index contributed by atoms with van der Waals surface area (Å²) < 4.78 is 13.4. The number of carboxylic acid groups (broad SMARTS) is 1. The first kappa shape index (κ1) is 62.5. The van der Waals surface area contributed by atoms with E-state index in [1.54, 1.807) is 62.1 Å². The van der Waals surface area contributed by atoms with E-state index in [9.17, 15) is 24.0 Å². The number of anilines is 5. The Labute approximate surface area is 502 Å². The van der Waals surface area contributed by atoms with Crippen LogP contribution in [0.15, 0.2) is 82.4 Å². The average molecular weight is 1270 g/mol. The van der Waals surface area contributed by atoms with E-state index in [1.165, 1.54) is 39.2 Å². The topological polar surface area (TPSA) is 272 Å². The highest BCUT2D eigenvalue weighted by atomic mass is 79.9. The summed E-state index contributed by atoms with van der Waals surface area (Å²) in [6, 6.07) is 12.4. The lowest BCUT2D eigenvalue weighted by Crippen LogP contribution is -2.68. The Hall–Kier alpha value is -6.60. The van der Waals surface area contributed by atoms with E-state index in [1.807, 2.05) is 90.0 Å². The van der Waals surface area contributed by atoms with Crippen molar-refractivity contribution in [3.8, 4) is 11.1 Å². The number of rotatable bonds is 12. The minimum Gasteiger partial charge on any atom is -0.478 e. The summed E-state index contributed by atoms with van der Waals surface area (Å²) in [6.07, 6.45) is 19.0. The first-order valence-corrected chi connectivity index (χ1v) is 29.3. The van der Waals surface area contributed by atoms with Crippen LogP contribution in [0.25, 0.3) is 11.1 Å². The predicted octanol–water partition coefficient (Wildman–Crippen LogP) is 8.09. The van der Waals surface area contributed by atoms with Gasteiger partial charge in [-0.25, -0.2) is 29.7 Å². The van der Waals surface area contributed by atoms with Crippen molar-refractivity contribution in [1.82, 2.24) is 35.6 Å². The molecule has 15 rings (SSSR count). The van der Waals surface area contributed by atoms with Crippen LogP contribution < -0.4 is 47.2 Å². The number of hydrogen-bond acceptors (Lipinski definition) is 16. The fourth-order valence-corrected chi connectivity index (χ4v) is 11.8. The number of nitrogens with one attached hydrogen (secondary N) is 4. The molecule has 5 aromatic rings. The van der Waals surface area contributed by atoms with Gasteiger partial charge in [0.2, 0.25) is 11.8 Å². The molecule has 10 fully saturated rings. The smallest absolute Gasteiger partial charge is 0.478 e. The molecule has 10 aliphatic rings. The van der Waals surface area contributed by atoms with Gasteiger partial charge >= 0.3 is 13.1 Å². The number of nitrogens with two attached hydrogens (primary N) is 1. The van der Waals surface area contributed by atoms with Crippen LogP contribution in [0, 0.1) is 17.8 Å². The molecule has 1 aliphatic heterocycles. The van der Waals surface area contributed by atoms with Crippen LogP contribution in [0.1, 0.15) is 130 Å². The van der Waals surface area contributed by atoms with Gasteiger partial charge in [0.05, 0.1) is 22.3 Å². The van der Waals surface area contributed by atoms with Crippen LogP contribution in [0.5, 0.6) is 0 Å². The van der Waals surface area contributed by atoms with Gasteiger partial charge in [-0.05, 0) is 189 Å². The van der Waals surface area contributed by atoms with E-state index < -0.39 is 13.1 Å². The van der Waals surface area contributed by atoms with Gasteiger partial charge < -0.3 is 56.1 Å². The quantitative estimate of drug-likeness (QED) is 0.0644. The maximum Gasteiger partial charge on any atom is 0.495 e. The molecular weight excluding hydrogens is 1190 g/mol. The molecule has 4 amide bonds. The first-order chi connectivity index (χ1) is 38.9. The number of amides is 4. The van der Waals surface area contributed by atoms with E-state index in [0.717, 1.165) is 77.3 Å². The largest absolute Gasteiger partial charge is 0.495 e. The molecule has 83 heavy (non-hydrogen) atoms. The molecule has 21 nitrogen and oxygen atoms in total. The van der Waals surface area contributed by atoms with Gasteiger partial charge in [-0.1, -0.05) is 0 Å². The summed E-state index contributed by atoms with van der Waals surface area (Å²) in [7, 11) is 10.6. The Kier molecular flexibility index (Phi) is 18.5. The molecule has 9 saturated carbocycles. The van der Waals surface area contributed by atoms with Gasteiger partial charge in [-0.15, -0.1) is 0 Å². The normalized spacial score (nSPS) is 24.0. The number of aromatic carboxylic acids is 1. The Morgan fingerprint density at radius 3 is 1.34 bits per heavy atom. The lowest BCUT2D eigenvalue weighted by molar-refractivity contribution is -0.115. The number of aromatic nitrogens is 5. The van der Waals surface area contributed by atoms with Gasteiger partial charge in [0.25, 0.3) is 11.8 Å². The molecule has 5 aromatic heterocycles. The third-order valence-electron chi connectivity index (χ3n) is 16.5. The molecule has 6 bridgehead atoms. The highest BCUT2D eigenvalue weighted by Gasteiger charge is 2.58. The van der Waals surface area contributed by atoms with Gasteiger partial charge in [0.15, 0.2) is 0 Å². The number of halogens is 2. The number of carbonyl (C=O) groups excluding carboxylic acids is 4. The van der Waals surface area contributed by atoms with Gasteiger partial charge in [-0.3, -0.25) is 19.2 Å². The summed E-state index contributed by atoms with van der Waals surface area (Å²) in [5.74, 6) is 4.08. The second-order valence-electron chi connectivity index (χ2n) is 24.8. The van der Waals surface area contributed by atoms with Crippen molar-refractivity contribution >= 4 is 103 Å². The number of pyridine rings is 5. The Morgan fingerprint density at radius 2 is 0.952 bits per heavy atom. The molecule has 0 unspecified atom stereocenters. The summed E-state index contributed by atoms with van der Waals surface area (Å²) in [5.41, 5.74) is 9.28. The Morgan fingerprint density at radius 1 is 0.566 bits per heavy atom. The molecule has 9 aliphatic carbocycles. The number of carbonyl (C=O) groups is 5. The molecule has 0 atom stereocenters. The maximum absolute atomic E-state index is 13.0.